The number of rotatable bonds is 2. The molecule has 2 aliphatic rings. The number of amides is 1. The van der Waals surface area contributed by atoms with Crippen molar-refractivity contribution in [1.29, 1.82) is 0 Å². The Bertz CT molecular complexity index is 359. The second-order valence-electron chi connectivity index (χ2n) is 4.38. The molecule has 0 radical (unpaired) electrons. The molecule has 0 aromatic heterocycles. The van der Waals surface area contributed by atoms with Gasteiger partial charge in [-0.1, -0.05) is 0 Å². The molecule has 1 aliphatic carbocycles. The van der Waals surface area contributed by atoms with Crippen LogP contribution in [0, 0.1) is 5.41 Å². The number of nitrogens with one attached hydrogen (secondary N) is 2. The van der Waals surface area contributed by atoms with Gasteiger partial charge in [0.2, 0.25) is 10.0 Å². The lowest BCUT2D eigenvalue weighted by molar-refractivity contribution is -0.121. The van der Waals surface area contributed by atoms with Gasteiger partial charge in [-0.25, -0.2) is 8.42 Å². The monoisotopic (exact) mass is 218 g/mol. The smallest absolute Gasteiger partial charge is 0.250 e. The first-order chi connectivity index (χ1) is 6.40. The molecule has 2 rings (SSSR count). The van der Waals surface area contributed by atoms with Crippen molar-refractivity contribution in [3.63, 3.8) is 0 Å². The van der Waals surface area contributed by atoms with Gasteiger partial charge in [-0.3, -0.25) is 9.52 Å². The first-order valence-electron chi connectivity index (χ1n) is 4.65. The number of hydrogen-bond acceptors (Lipinski definition) is 4. The normalized spacial score (nSPS) is 29.1. The van der Waals surface area contributed by atoms with E-state index < -0.39 is 15.9 Å². The van der Waals surface area contributed by atoms with Gasteiger partial charge in [0.1, 0.15) is 0 Å². The summed E-state index contributed by atoms with van der Waals surface area (Å²) in [5.41, 5.74) is 0.305. The van der Waals surface area contributed by atoms with E-state index in [-0.39, 0.29) is 6.04 Å². The molecule has 1 amide bonds. The van der Waals surface area contributed by atoms with Gasteiger partial charge in [-0.2, -0.15) is 0 Å². The van der Waals surface area contributed by atoms with Crippen molar-refractivity contribution in [1.82, 2.24) is 10.0 Å². The Labute approximate surface area is 83.3 Å². The summed E-state index contributed by atoms with van der Waals surface area (Å²) >= 11 is 0. The summed E-state index contributed by atoms with van der Waals surface area (Å²) in [6, 6.07) is -0.327. The lowest BCUT2D eigenvalue weighted by Crippen LogP contribution is -2.42. The van der Waals surface area contributed by atoms with E-state index in [2.05, 4.69) is 5.32 Å². The van der Waals surface area contributed by atoms with Crippen molar-refractivity contribution in [3.8, 4) is 0 Å². The molecular formula is C8H14N2O3S. The zero-order valence-electron chi connectivity index (χ0n) is 8.04. The van der Waals surface area contributed by atoms with Gasteiger partial charge in [0, 0.05) is 6.54 Å². The van der Waals surface area contributed by atoms with Crippen molar-refractivity contribution in [3.05, 3.63) is 0 Å². The fraction of sp³-hybridized carbons (Fsp3) is 0.875. The molecule has 1 saturated carbocycles. The van der Waals surface area contributed by atoms with E-state index in [0.717, 1.165) is 32.1 Å². The van der Waals surface area contributed by atoms with Gasteiger partial charge in [0.15, 0.2) is 0 Å². The summed E-state index contributed by atoms with van der Waals surface area (Å²) in [7, 11) is -3.42. The minimum absolute atomic E-state index is 0.305. The molecule has 1 atom stereocenters. The quantitative estimate of drug-likeness (QED) is 0.636. The summed E-state index contributed by atoms with van der Waals surface area (Å²) in [6.45, 7) is 0.842. The number of hydrogen-bond donors (Lipinski definition) is 2. The van der Waals surface area contributed by atoms with E-state index in [1.807, 2.05) is 4.72 Å². The molecule has 0 aromatic rings. The molecule has 2 N–H and O–H groups in total. The Morgan fingerprint density at radius 1 is 1.50 bits per heavy atom. The first-order valence-corrected chi connectivity index (χ1v) is 6.54. The first kappa shape index (κ1) is 9.92. The highest BCUT2D eigenvalue weighted by Gasteiger charge is 2.50. The summed E-state index contributed by atoms with van der Waals surface area (Å²) in [5, 5.41) is 3.06. The Morgan fingerprint density at radius 2 is 2.14 bits per heavy atom. The van der Waals surface area contributed by atoms with Crippen molar-refractivity contribution in [2.75, 3.05) is 12.8 Å². The molecule has 1 saturated heterocycles. The third-order valence-corrected chi connectivity index (χ3v) is 3.49. The van der Waals surface area contributed by atoms with Gasteiger partial charge in [0.05, 0.1) is 12.3 Å². The van der Waals surface area contributed by atoms with E-state index in [4.69, 9.17) is 0 Å². The highest BCUT2D eigenvalue weighted by molar-refractivity contribution is 7.89. The van der Waals surface area contributed by atoms with Crippen LogP contribution in [0.3, 0.4) is 0 Å². The SMILES string of the molecule is CS(=O)(=O)NC(=O)C1CC2(CC2)CN1. The van der Waals surface area contributed by atoms with Crippen molar-refractivity contribution in [2.24, 2.45) is 5.41 Å². The Hall–Kier alpha value is -0.620. The molecule has 1 heterocycles. The summed E-state index contributed by atoms with van der Waals surface area (Å²) in [6.07, 6.45) is 4.08. The molecule has 1 spiro atoms. The topological polar surface area (TPSA) is 75.3 Å². The highest BCUT2D eigenvalue weighted by atomic mass is 32.2. The maximum Gasteiger partial charge on any atom is 0.250 e. The van der Waals surface area contributed by atoms with Crippen molar-refractivity contribution < 1.29 is 13.2 Å². The lowest BCUT2D eigenvalue weighted by atomic mass is 10.0. The minimum atomic E-state index is -3.42. The second kappa shape index (κ2) is 2.93. The minimum Gasteiger partial charge on any atom is -0.305 e. The number of carbonyl (C=O) groups is 1. The molecule has 2 fully saturated rings. The van der Waals surface area contributed by atoms with Crippen LogP contribution in [0.15, 0.2) is 0 Å². The Kier molecular flexibility index (Phi) is 2.08. The molecule has 0 bridgehead atoms. The van der Waals surface area contributed by atoms with E-state index >= 15 is 0 Å². The van der Waals surface area contributed by atoms with Gasteiger partial charge in [0.25, 0.3) is 5.91 Å². The van der Waals surface area contributed by atoms with Gasteiger partial charge in [-0.15, -0.1) is 0 Å². The van der Waals surface area contributed by atoms with Crippen LogP contribution in [0.5, 0.6) is 0 Å². The average Bonchev–Trinajstić information content (AvgIpc) is 2.57. The van der Waals surface area contributed by atoms with Gasteiger partial charge < -0.3 is 5.32 Å². The fourth-order valence-electron chi connectivity index (χ4n) is 1.91. The van der Waals surface area contributed by atoms with E-state index in [1.165, 1.54) is 0 Å². The van der Waals surface area contributed by atoms with Crippen LogP contribution in [-0.2, 0) is 14.8 Å². The molecule has 6 heteroatoms. The van der Waals surface area contributed by atoms with Crippen LogP contribution in [0.25, 0.3) is 0 Å². The lowest BCUT2D eigenvalue weighted by Gasteiger charge is -2.09. The van der Waals surface area contributed by atoms with Gasteiger partial charge >= 0.3 is 0 Å². The summed E-state index contributed by atoms with van der Waals surface area (Å²) in [5.74, 6) is -0.420. The predicted molar refractivity (Wildman–Crippen MR) is 51.1 cm³/mol. The Balaban J connectivity index is 1.93. The summed E-state index contributed by atoms with van der Waals surface area (Å²) in [4.78, 5) is 11.4. The largest absolute Gasteiger partial charge is 0.305 e. The third-order valence-electron chi connectivity index (χ3n) is 2.92. The van der Waals surface area contributed by atoms with Crippen LogP contribution < -0.4 is 10.0 Å². The fourth-order valence-corrected chi connectivity index (χ4v) is 2.42. The zero-order chi connectivity index (χ0) is 10.4. The van der Waals surface area contributed by atoms with E-state index in [9.17, 15) is 13.2 Å². The van der Waals surface area contributed by atoms with Crippen molar-refractivity contribution in [2.45, 2.75) is 25.3 Å². The van der Waals surface area contributed by atoms with E-state index in [1.54, 1.807) is 0 Å². The maximum absolute atomic E-state index is 11.4. The maximum atomic E-state index is 11.4. The van der Waals surface area contributed by atoms with Crippen LogP contribution in [0.2, 0.25) is 0 Å². The molecule has 0 aromatic carbocycles. The molecule has 14 heavy (non-hydrogen) atoms. The number of sulfonamides is 1. The third kappa shape index (κ3) is 2.06. The molecular weight excluding hydrogens is 204 g/mol. The van der Waals surface area contributed by atoms with Crippen LogP contribution in [-0.4, -0.2) is 33.2 Å². The Morgan fingerprint density at radius 3 is 2.57 bits per heavy atom. The average molecular weight is 218 g/mol. The highest BCUT2D eigenvalue weighted by Crippen LogP contribution is 2.51. The molecule has 1 unspecified atom stereocenters. The predicted octanol–water partition coefficient (Wildman–Crippen LogP) is -0.796. The summed E-state index contributed by atoms with van der Waals surface area (Å²) < 4.78 is 23.6. The van der Waals surface area contributed by atoms with Gasteiger partial charge in [-0.05, 0) is 24.7 Å². The van der Waals surface area contributed by atoms with Crippen molar-refractivity contribution >= 4 is 15.9 Å². The molecule has 1 aliphatic heterocycles. The molecule has 80 valence electrons. The second-order valence-corrected chi connectivity index (χ2v) is 6.12. The van der Waals surface area contributed by atoms with E-state index in [0.29, 0.717) is 5.41 Å². The van der Waals surface area contributed by atoms with Crippen LogP contribution in [0.1, 0.15) is 19.3 Å². The van der Waals surface area contributed by atoms with Crippen LogP contribution >= 0.6 is 0 Å². The standard InChI is InChI=1S/C8H14N2O3S/c1-14(12,13)10-7(11)6-4-8(2-3-8)5-9-6/h6,9H,2-5H2,1H3,(H,10,11). The number of carbonyl (C=O) groups excluding carboxylic acids is 1. The zero-order valence-corrected chi connectivity index (χ0v) is 8.86. The van der Waals surface area contributed by atoms with Crippen LogP contribution in [0.4, 0.5) is 0 Å². The molecule has 5 nitrogen and oxygen atoms in total.